The Kier molecular flexibility index (Phi) is 7.65. The minimum absolute atomic E-state index is 0.0123. The normalized spacial score (nSPS) is 11.0. The zero-order valence-electron chi connectivity index (χ0n) is 19.5. The van der Waals surface area contributed by atoms with E-state index in [0.29, 0.717) is 34.3 Å². The van der Waals surface area contributed by atoms with Crippen LogP contribution in [0.2, 0.25) is 0 Å². The van der Waals surface area contributed by atoms with Crippen molar-refractivity contribution in [3.05, 3.63) is 59.4 Å². The first-order chi connectivity index (χ1) is 17.5. The summed E-state index contributed by atoms with van der Waals surface area (Å²) < 4.78 is 22.0. The Labute approximate surface area is 209 Å². The van der Waals surface area contributed by atoms with Gasteiger partial charge in [0.15, 0.2) is 17.2 Å². The molecule has 0 saturated carbocycles. The number of methoxy groups -OCH3 is 3. The van der Waals surface area contributed by atoms with Gasteiger partial charge in [-0.1, -0.05) is 23.4 Å². The Hall–Kier alpha value is -4.59. The second-order valence-corrected chi connectivity index (χ2v) is 8.08. The molecule has 3 N–H and O–H groups in total. The van der Waals surface area contributed by atoms with Crippen molar-refractivity contribution in [2.45, 2.75) is 10.6 Å². The van der Waals surface area contributed by atoms with Crippen LogP contribution in [0.25, 0.3) is 5.82 Å². The minimum atomic E-state index is -0.580. The molecule has 0 bridgehead atoms. The highest BCUT2D eigenvalue weighted by molar-refractivity contribution is 7.98. The second kappa shape index (κ2) is 11.2. The largest absolute Gasteiger partial charge is 0.493 e. The van der Waals surface area contributed by atoms with Crippen LogP contribution < -0.4 is 25.4 Å². The summed E-state index contributed by atoms with van der Waals surface area (Å²) in [5, 5.41) is 19.4. The number of ether oxygens (including phenoxy) is 3. The third-order valence-electron chi connectivity index (χ3n) is 4.86. The van der Waals surface area contributed by atoms with Crippen LogP contribution >= 0.6 is 11.8 Å². The van der Waals surface area contributed by atoms with E-state index in [1.54, 1.807) is 12.1 Å². The third-order valence-corrected chi connectivity index (χ3v) is 5.88. The van der Waals surface area contributed by atoms with Crippen LogP contribution in [0.5, 0.6) is 17.2 Å². The van der Waals surface area contributed by atoms with Crippen molar-refractivity contribution in [3.8, 4) is 23.1 Å². The van der Waals surface area contributed by atoms with E-state index in [9.17, 15) is 4.79 Å². The maximum atomic E-state index is 13.0. The molecular weight excluding hydrogens is 488 g/mol. The molecule has 0 aliphatic rings. The molecule has 0 atom stereocenters. The Balaban J connectivity index is 1.57. The number of rotatable bonds is 10. The zero-order chi connectivity index (χ0) is 25.5. The summed E-state index contributed by atoms with van der Waals surface area (Å²) in [5.74, 6) is 1.24. The summed E-state index contributed by atoms with van der Waals surface area (Å²) in [7, 11) is 4.53. The zero-order valence-corrected chi connectivity index (χ0v) is 20.4. The fourth-order valence-corrected chi connectivity index (χ4v) is 4.09. The van der Waals surface area contributed by atoms with Gasteiger partial charge in [0.1, 0.15) is 0 Å². The molecule has 4 rings (SSSR count). The van der Waals surface area contributed by atoms with E-state index in [1.165, 1.54) is 44.0 Å². The van der Waals surface area contributed by atoms with Crippen LogP contribution in [-0.4, -0.2) is 58.8 Å². The van der Waals surface area contributed by atoms with E-state index in [2.05, 4.69) is 35.8 Å². The van der Waals surface area contributed by atoms with Crippen molar-refractivity contribution < 1.29 is 23.6 Å². The number of nitrogens with two attached hydrogens (primary N) is 1. The van der Waals surface area contributed by atoms with E-state index in [-0.39, 0.29) is 17.3 Å². The number of benzene rings is 2. The molecule has 0 saturated heterocycles. The van der Waals surface area contributed by atoms with Crippen LogP contribution in [0.3, 0.4) is 0 Å². The maximum absolute atomic E-state index is 13.0. The van der Waals surface area contributed by atoms with Gasteiger partial charge in [-0.05, 0) is 34.6 Å². The SMILES string of the molecule is COc1cc(/C=N\NC(=O)c2nnn(-c3nonc3N)c2CSc2ccccc2)cc(OC)c1OC. The van der Waals surface area contributed by atoms with Crippen LogP contribution in [0, 0.1) is 0 Å². The first-order valence-electron chi connectivity index (χ1n) is 10.4. The van der Waals surface area contributed by atoms with Gasteiger partial charge in [0.25, 0.3) is 5.91 Å². The van der Waals surface area contributed by atoms with Gasteiger partial charge in [0.2, 0.25) is 17.4 Å². The lowest BCUT2D eigenvalue weighted by Gasteiger charge is -2.12. The molecule has 13 nitrogen and oxygen atoms in total. The van der Waals surface area contributed by atoms with Crippen LogP contribution in [-0.2, 0) is 5.75 Å². The van der Waals surface area contributed by atoms with Gasteiger partial charge in [-0.2, -0.15) is 9.78 Å². The average molecular weight is 511 g/mol. The monoisotopic (exact) mass is 510 g/mol. The summed E-state index contributed by atoms with van der Waals surface area (Å²) in [4.78, 5) is 14.0. The molecule has 2 heterocycles. The molecule has 0 fully saturated rings. The Morgan fingerprint density at radius 2 is 1.86 bits per heavy atom. The number of nitrogen functional groups attached to an aromatic ring is 1. The molecule has 0 spiro atoms. The van der Waals surface area contributed by atoms with Crippen molar-refractivity contribution >= 4 is 29.7 Å². The highest BCUT2D eigenvalue weighted by Gasteiger charge is 2.24. The topological polar surface area (TPSA) is 165 Å². The molecule has 2 aromatic carbocycles. The standard InChI is InChI=1S/C22H22N8O5S/c1-32-16-9-13(10-17(33-2)19(16)34-3)11-24-26-22(31)18-15(12-36-14-7-5-4-6-8-14)30(29-25-18)21-20(23)27-35-28-21/h4-11H,12H2,1-3H3,(H2,23,27)(H,26,31)/b24-11-. The molecule has 0 aliphatic carbocycles. The molecule has 36 heavy (non-hydrogen) atoms. The Morgan fingerprint density at radius 3 is 2.47 bits per heavy atom. The number of thioether (sulfide) groups is 1. The number of amides is 1. The van der Waals surface area contributed by atoms with Crippen molar-refractivity contribution in [1.29, 1.82) is 0 Å². The van der Waals surface area contributed by atoms with Crippen LogP contribution in [0.4, 0.5) is 5.82 Å². The Morgan fingerprint density at radius 1 is 1.14 bits per heavy atom. The van der Waals surface area contributed by atoms with Crippen molar-refractivity contribution in [1.82, 2.24) is 30.7 Å². The third kappa shape index (κ3) is 5.22. The van der Waals surface area contributed by atoms with E-state index in [0.717, 1.165) is 4.90 Å². The van der Waals surface area contributed by atoms with Gasteiger partial charge >= 0.3 is 0 Å². The summed E-state index contributed by atoms with van der Waals surface area (Å²) in [6.07, 6.45) is 1.44. The van der Waals surface area contributed by atoms with Gasteiger partial charge < -0.3 is 19.9 Å². The van der Waals surface area contributed by atoms with E-state index < -0.39 is 5.91 Å². The van der Waals surface area contributed by atoms with Crippen LogP contribution in [0.1, 0.15) is 21.7 Å². The lowest BCUT2D eigenvalue weighted by molar-refractivity contribution is 0.0949. The fourth-order valence-electron chi connectivity index (χ4n) is 3.18. The van der Waals surface area contributed by atoms with Gasteiger partial charge in [0, 0.05) is 16.2 Å². The minimum Gasteiger partial charge on any atom is -0.493 e. The Bertz CT molecular complexity index is 1350. The van der Waals surface area contributed by atoms with Crippen molar-refractivity contribution in [2.24, 2.45) is 5.10 Å². The molecule has 2 aromatic heterocycles. The molecule has 0 radical (unpaired) electrons. The maximum Gasteiger partial charge on any atom is 0.293 e. The number of hydrazone groups is 1. The smallest absolute Gasteiger partial charge is 0.293 e. The van der Waals surface area contributed by atoms with Crippen molar-refractivity contribution in [2.75, 3.05) is 27.1 Å². The number of hydrogen-bond acceptors (Lipinski definition) is 12. The molecule has 4 aromatic rings. The van der Waals surface area contributed by atoms with Gasteiger partial charge in [0.05, 0.1) is 33.2 Å². The highest BCUT2D eigenvalue weighted by Crippen LogP contribution is 2.37. The van der Waals surface area contributed by atoms with Crippen molar-refractivity contribution in [3.63, 3.8) is 0 Å². The molecule has 14 heteroatoms. The lowest BCUT2D eigenvalue weighted by Crippen LogP contribution is -2.20. The number of aromatic nitrogens is 5. The first-order valence-corrected chi connectivity index (χ1v) is 11.4. The number of anilines is 1. The number of carbonyl (C=O) groups is 1. The first kappa shape index (κ1) is 24.5. The number of hydrogen-bond donors (Lipinski definition) is 2. The molecule has 0 unspecified atom stereocenters. The van der Waals surface area contributed by atoms with Gasteiger partial charge in [-0.25, -0.2) is 10.1 Å². The molecular formula is C22H22N8O5S. The van der Waals surface area contributed by atoms with E-state index >= 15 is 0 Å². The predicted octanol–water partition coefficient (Wildman–Crippen LogP) is 2.31. The van der Waals surface area contributed by atoms with Crippen LogP contribution in [0.15, 0.2) is 57.1 Å². The van der Waals surface area contributed by atoms with Gasteiger partial charge in [-0.3, -0.25) is 4.79 Å². The fraction of sp³-hybridized carbons (Fsp3) is 0.182. The highest BCUT2D eigenvalue weighted by atomic mass is 32.2. The summed E-state index contributed by atoms with van der Waals surface area (Å²) in [5.41, 5.74) is 9.38. The van der Waals surface area contributed by atoms with Gasteiger partial charge in [-0.15, -0.1) is 16.9 Å². The summed E-state index contributed by atoms with van der Waals surface area (Å²) in [6, 6.07) is 13.0. The quantitative estimate of drug-likeness (QED) is 0.183. The van der Waals surface area contributed by atoms with E-state index in [1.807, 2.05) is 30.3 Å². The summed E-state index contributed by atoms with van der Waals surface area (Å²) >= 11 is 1.48. The molecule has 0 aliphatic heterocycles. The van der Waals surface area contributed by atoms with E-state index in [4.69, 9.17) is 19.9 Å². The molecule has 186 valence electrons. The average Bonchev–Trinajstić information content (AvgIpc) is 3.52. The summed E-state index contributed by atoms with van der Waals surface area (Å²) in [6.45, 7) is 0. The lowest BCUT2D eigenvalue weighted by atomic mass is 10.2. The second-order valence-electron chi connectivity index (χ2n) is 7.03. The number of nitrogens with zero attached hydrogens (tertiary/aromatic N) is 6. The number of carbonyl (C=O) groups excluding carboxylic acids is 1. The predicted molar refractivity (Wildman–Crippen MR) is 131 cm³/mol. The molecule has 1 amide bonds. The number of nitrogens with one attached hydrogen (secondary N) is 1.